The Morgan fingerprint density at radius 2 is 2.30 bits per heavy atom. The van der Waals surface area contributed by atoms with Crippen LogP contribution in [0.5, 0.6) is 5.75 Å². The quantitative estimate of drug-likeness (QED) is 0.802. The highest BCUT2D eigenvalue weighted by molar-refractivity contribution is 5.95. The Bertz CT molecular complexity index is 580. The third-order valence-corrected chi connectivity index (χ3v) is 3.48. The fourth-order valence-electron chi connectivity index (χ4n) is 2.41. The number of fused-ring (bicyclic) bond motifs is 1. The number of ether oxygens (including phenoxy) is 1. The molecule has 5 heteroatoms. The highest BCUT2D eigenvalue weighted by atomic mass is 16.5. The summed E-state index contributed by atoms with van der Waals surface area (Å²) in [5, 5.41) is 2.70. The summed E-state index contributed by atoms with van der Waals surface area (Å²) in [6.45, 7) is 1.95. The van der Waals surface area contributed by atoms with Crippen molar-refractivity contribution in [1.82, 2.24) is 10.2 Å². The summed E-state index contributed by atoms with van der Waals surface area (Å²) in [4.78, 5) is 24.8. The zero-order valence-corrected chi connectivity index (χ0v) is 11.1. The maximum Gasteiger partial charge on any atom is 0.247 e. The van der Waals surface area contributed by atoms with Crippen LogP contribution in [0.3, 0.4) is 0 Å². The van der Waals surface area contributed by atoms with Crippen LogP contribution in [0.4, 0.5) is 0 Å². The first-order valence-corrected chi connectivity index (χ1v) is 6.72. The van der Waals surface area contributed by atoms with Gasteiger partial charge in [-0.05, 0) is 29.3 Å². The lowest BCUT2D eigenvalue weighted by molar-refractivity contribution is -0.134. The Balaban J connectivity index is 1.67. The van der Waals surface area contributed by atoms with Gasteiger partial charge in [0.25, 0.3) is 0 Å². The molecular formula is C15H16N2O3. The Hall–Kier alpha value is -2.30. The molecule has 2 heterocycles. The zero-order chi connectivity index (χ0) is 13.9. The highest BCUT2D eigenvalue weighted by Crippen LogP contribution is 2.26. The van der Waals surface area contributed by atoms with Crippen molar-refractivity contribution in [2.45, 2.75) is 6.42 Å². The van der Waals surface area contributed by atoms with E-state index in [1.807, 2.05) is 18.2 Å². The van der Waals surface area contributed by atoms with Crippen LogP contribution in [0.25, 0.3) is 6.08 Å². The van der Waals surface area contributed by atoms with Crippen molar-refractivity contribution in [3.8, 4) is 5.75 Å². The molecule has 1 aromatic rings. The minimum Gasteiger partial charge on any atom is -0.493 e. The molecule has 1 fully saturated rings. The number of carbonyl (C=O) groups is 2. The molecule has 5 nitrogen and oxygen atoms in total. The molecule has 0 radical (unpaired) electrons. The summed E-state index contributed by atoms with van der Waals surface area (Å²) >= 11 is 0. The van der Waals surface area contributed by atoms with Crippen molar-refractivity contribution in [1.29, 1.82) is 0 Å². The lowest BCUT2D eigenvalue weighted by Crippen LogP contribution is -2.49. The van der Waals surface area contributed by atoms with Crippen LogP contribution >= 0.6 is 0 Å². The lowest BCUT2D eigenvalue weighted by atomic mass is 10.1. The first-order valence-electron chi connectivity index (χ1n) is 6.72. The van der Waals surface area contributed by atoms with Crippen molar-refractivity contribution in [3.63, 3.8) is 0 Å². The van der Waals surface area contributed by atoms with E-state index >= 15 is 0 Å². The number of piperazine rings is 1. The van der Waals surface area contributed by atoms with E-state index in [1.165, 1.54) is 11.6 Å². The number of rotatable bonds is 2. The van der Waals surface area contributed by atoms with Gasteiger partial charge in [0.2, 0.25) is 11.8 Å². The summed E-state index contributed by atoms with van der Waals surface area (Å²) in [6, 6.07) is 5.90. The van der Waals surface area contributed by atoms with Gasteiger partial charge in [-0.15, -0.1) is 0 Å². The van der Waals surface area contributed by atoms with E-state index in [1.54, 1.807) is 11.0 Å². The summed E-state index contributed by atoms with van der Waals surface area (Å²) in [7, 11) is 0. The molecule has 1 aromatic carbocycles. The lowest BCUT2D eigenvalue weighted by Gasteiger charge is -2.25. The predicted octanol–water partition coefficient (Wildman–Crippen LogP) is 0.593. The predicted molar refractivity (Wildman–Crippen MR) is 74.3 cm³/mol. The molecule has 104 valence electrons. The van der Waals surface area contributed by atoms with Crippen LogP contribution in [0.2, 0.25) is 0 Å². The van der Waals surface area contributed by atoms with Crippen molar-refractivity contribution < 1.29 is 14.3 Å². The van der Waals surface area contributed by atoms with E-state index in [4.69, 9.17) is 4.74 Å². The summed E-state index contributed by atoms with van der Waals surface area (Å²) in [6.07, 6.45) is 4.22. The van der Waals surface area contributed by atoms with Crippen LogP contribution in [0.1, 0.15) is 11.1 Å². The largest absolute Gasteiger partial charge is 0.493 e. The van der Waals surface area contributed by atoms with E-state index in [-0.39, 0.29) is 18.4 Å². The van der Waals surface area contributed by atoms with Gasteiger partial charge in [-0.3, -0.25) is 9.59 Å². The number of amides is 2. The first-order chi connectivity index (χ1) is 9.72. The van der Waals surface area contributed by atoms with Gasteiger partial charge in [0, 0.05) is 25.6 Å². The molecule has 0 unspecified atom stereocenters. The van der Waals surface area contributed by atoms with Gasteiger partial charge in [0.05, 0.1) is 13.2 Å². The Morgan fingerprint density at radius 3 is 3.15 bits per heavy atom. The monoisotopic (exact) mass is 272 g/mol. The number of carbonyl (C=O) groups excluding carboxylic acids is 2. The molecule has 0 spiro atoms. The molecule has 2 amide bonds. The second kappa shape index (κ2) is 5.36. The number of hydrogen-bond acceptors (Lipinski definition) is 3. The molecule has 3 rings (SSSR count). The summed E-state index contributed by atoms with van der Waals surface area (Å²) in [5.41, 5.74) is 2.15. The van der Waals surface area contributed by atoms with Gasteiger partial charge in [0.1, 0.15) is 5.75 Å². The maximum atomic E-state index is 12.0. The molecule has 1 saturated heterocycles. The number of benzene rings is 1. The van der Waals surface area contributed by atoms with Crippen LogP contribution in [0.15, 0.2) is 24.3 Å². The van der Waals surface area contributed by atoms with E-state index in [0.29, 0.717) is 13.1 Å². The van der Waals surface area contributed by atoms with Crippen molar-refractivity contribution >= 4 is 17.9 Å². The second-order valence-electron chi connectivity index (χ2n) is 4.91. The van der Waals surface area contributed by atoms with Crippen molar-refractivity contribution in [3.05, 3.63) is 35.4 Å². The summed E-state index contributed by atoms with van der Waals surface area (Å²) < 4.78 is 5.44. The molecule has 0 aromatic heterocycles. The van der Waals surface area contributed by atoms with E-state index in [0.717, 1.165) is 24.3 Å². The standard InChI is InChI=1S/C15H16N2O3/c18-14-10-17(7-6-16-14)15(19)4-2-11-1-3-13-12(9-11)5-8-20-13/h1-4,9H,5-8,10H2,(H,16,18). The molecule has 2 aliphatic rings. The number of hydrogen-bond donors (Lipinski definition) is 1. The Morgan fingerprint density at radius 1 is 1.40 bits per heavy atom. The van der Waals surface area contributed by atoms with Crippen molar-refractivity contribution in [2.75, 3.05) is 26.2 Å². The Kier molecular flexibility index (Phi) is 3.41. The topological polar surface area (TPSA) is 58.6 Å². The molecule has 1 N–H and O–H groups in total. The first kappa shape index (κ1) is 12.7. The average Bonchev–Trinajstić information content (AvgIpc) is 2.92. The number of nitrogens with one attached hydrogen (secondary N) is 1. The Labute approximate surface area is 117 Å². The third kappa shape index (κ3) is 2.66. The van der Waals surface area contributed by atoms with E-state index in [9.17, 15) is 9.59 Å². The van der Waals surface area contributed by atoms with Gasteiger partial charge in [-0.1, -0.05) is 6.07 Å². The average molecular weight is 272 g/mol. The van der Waals surface area contributed by atoms with Gasteiger partial charge < -0.3 is 15.0 Å². The molecule has 0 bridgehead atoms. The second-order valence-corrected chi connectivity index (χ2v) is 4.91. The molecular weight excluding hydrogens is 256 g/mol. The fraction of sp³-hybridized carbons (Fsp3) is 0.333. The smallest absolute Gasteiger partial charge is 0.247 e. The maximum absolute atomic E-state index is 12.0. The third-order valence-electron chi connectivity index (χ3n) is 3.48. The van der Waals surface area contributed by atoms with E-state index in [2.05, 4.69) is 5.32 Å². The zero-order valence-electron chi connectivity index (χ0n) is 11.1. The fourth-order valence-corrected chi connectivity index (χ4v) is 2.41. The highest BCUT2D eigenvalue weighted by Gasteiger charge is 2.19. The van der Waals surface area contributed by atoms with Gasteiger partial charge in [0.15, 0.2) is 0 Å². The minimum absolute atomic E-state index is 0.104. The van der Waals surface area contributed by atoms with Gasteiger partial charge in [-0.25, -0.2) is 0 Å². The molecule has 2 aliphatic heterocycles. The molecule has 20 heavy (non-hydrogen) atoms. The SMILES string of the molecule is O=C1CN(C(=O)C=Cc2ccc3c(c2)CCO3)CCN1. The molecule has 0 saturated carbocycles. The number of nitrogens with zero attached hydrogens (tertiary/aromatic N) is 1. The van der Waals surface area contributed by atoms with E-state index < -0.39 is 0 Å². The van der Waals surface area contributed by atoms with Gasteiger partial charge in [-0.2, -0.15) is 0 Å². The minimum atomic E-state index is -0.128. The molecule has 0 atom stereocenters. The summed E-state index contributed by atoms with van der Waals surface area (Å²) in [5.74, 6) is 0.699. The van der Waals surface area contributed by atoms with Crippen LogP contribution in [-0.2, 0) is 16.0 Å². The van der Waals surface area contributed by atoms with Crippen LogP contribution < -0.4 is 10.1 Å². The molecule has 0 aliphatic carbocycles. The normalized spacial score (nSPS) is 17.8. The van der Waals surface area contributed by atoms with Crippen LogP contribution in [0, 0.1) is 0 Å². The van der Waals surface area contributed by atoms with Gasteiger partial charge >= 0.3 is 0 Å². The van der Waals surface area contributed by atoms with Crippen LogP contribution in [-0.4, -0.2) is 43.0 Å². The van der Waals surface area contributed by atoms with Crippen molar-refractivity contribution in [2.24, 2.45) is 0 Å².